The molecule has 1 aromatic heterocycles. The number of nitrogens with two attached hydrogens (primary N) is 1. The number of carbonyl (C=O) groups excluding carboxylic acids is 3. The van der Waals surface area contributed by atoms with Crippen molar-refractivity contribution in [3.05, 3.63) is 22.3 Å². The molecular weight excluding hydrogens is 438 g/mol. The van der Waals surface area contributed by atoms with Crippen molar-refractivity contribution in [3.63, 3.8) is 0 Å². The Morgan fingerprint density at radius 1 is 1.47 bits per heavy atom. The summed E-state index contributed by atoms with van der Waals surface area (Å²) in [5.74, 6) is -2.94. The first-order valence-electron chi connectivity index (χ1n) is 8.41. The third kappa shape index (κ3) is 4.09. The van der Waals surface area contributed by atoms with Gasteiger partial charge in [-0.05, 0) is 0 Å². The minimum absolute atomic E-state index is 0.108. The second-order valence-electron chi connectivity index (χ2n) is 6.08. The predicted octanol–water partition coefficient (Wildman–Crippen LogP) is -0.622. The Hall–Kier alpha value is -3.13. The monoisotopic (exact) mass is 455 g/mol. The van der Waals surface area contributed by atoms with Crippen molar-refractivity contribution >= 4 is 57.7 Å². The zero-order valence-electron chi connectivity index (χ0n) is 15.8. The Morgan fingerprint density at radius 2 is 2.20 bits per heavy atom. The molecule has 14 heteroatoms. The molecule has 4 N–H and O–H groups in total. The highest BCUT2D eigenvalue weighted by Crippen LogP contribution is 2.40. The number of carboxylic acid groups (broad SMARTS) is 1. The molecule has 12 nitrogen and oxygen atoms in total. The zero-order valence-corrected chi connectivity index (χ0v) is 17.4. The van der Waals surface area contributed by atoms with Crippen molar-refractivity contribution in [3.8, 4) is 0 Å². The lowest BCUT2D eigenvalue weighted by Gasteiger charge is -2.49. The van der Waals surface area contributed by atoms with E-state index in [2.05, 4.69) is 15.5 Å². The van der Waals surface area contributed by atoms with Gasteiger partial charge >= 0.3 is 11.9 Å². The number of thiazole rings is 1. The minimum Gasteiger partial charge on any atom is -0.477 e. The quantitative estimate of drug-likeness (QED) is 0.208. The van der Waals surface area contributed by atoms with Gasteiger partial charge in [-0.25, -0.2) is 9.78 Å². The number of amides is 2. The molecular formula is C16H17N5O7S2. The molecule has 160 valence electrons. The van der Waals surface area contributed by atoms with Crippen molar-refractivity contribution in [2.24, 2.45) is 5.16 Å². The molecule has 2 atom stereocenters. The first kappa shape index (κ1) is 21.6. The first-order chi connectivity index (χ1) is 14.2. The lowest BCUT2D eigenvalue weighted by atomic mass is 10.0. The van der Waals surface area contributed by atoms with Crippen molar-refractivity contribution in [2.45, 2.75) is 18.3 Å². The third-order valence-electron chi connectivity index (χ3n) is 4.14. The van der Waals surface area contributed by atoms with Crippen molar-refractivity contribution in [1.82, 2.24) is 15.2 Å². The maximum atomic E-state index is 12.7. The van der Waals surface area contributed by atoms with Crippen LogP contribution in [0.3, 0.4) is 0 Å². The van der Waals surface area contributed by atoms with Crippen LogP contribution in [-0.4, -0.2) is 75.3 Å². The van der Waals surface area contributed by atoms with Gasteiger partial charge in [-0.15, -0.1) is 11.8 Å². The summed E-state index contributed by atoms with van der Waals surface area (Å²) in [6.45, 7) is 0.977. The number of aliphatic carboxylic acids is 1. The lowest BCUT2D eigenvalue weighted by molar-refractivity contribution is -0.150. The summed E-state index contributed by atoms with van der Waals surface area (Å²) >= 11 is 2.27. The van der Waals surface area contributed by atoms with Gasteiger partial charge in [0.15, 0.2) is 10.8 Å². The van der Waals surface area contributed by atoms with Crippen LogP contribution in [0.2, 0.25) is 0 Å². The number of ether oxygens (including phenoxy) is 1. The maximum absolute atomic E-state index is 12.7. The highest BCUT2D eigenvalue weighted by molar-refractivity contribution is 8.00. The molecule has 0 unspecified atom stereocenters. The number of thioether (sulfide) groups is 1. The van der Waals surface area contributed by atoms with Gasteiger partial charge in [-0.2, -0.15) is 0 Å². The Kier molecular flexibility index (Phi) is 6.26. The predicted molar refractivity (Wildman–Crippen MR) is 106 cm³/mol. The molecule has 0 aromatic carbocycles. The molecule has 0 spiro atoms. The summed E-state index contributed by atoms with van der Waals surface area (Å²) in [4.78, 5) is 58.1. The molecule has 2 aliphatic heterocycles. The SMILES string of the molecule is CON=C(C(=O)N[C@@H]1C(=O)N2C(C(=O)O)=C(COC(C)=O)CS[C@H]12)c1cnc(N)s1. The molecule has 1 aromatic rings. The minimum atomic E-state index is -1.32. The van der Waals surface area contributed by atoms with E-state index in [-0.39, 0.29) is 28.9 Å². The lowest BCUT2D eigenvalue weighted by Crippen LogP contribution is -2.71. The number of rotatable bonds is 7. The number of aromatic nitrogens is 1. The molecule has 0 saturated carbocycles. The van der Waals surface area contributed by atoms with Crippen LogP contribution < -0.4 is 11.1 Å². The molecule has 2 aliphatic rings. The van der Waals surface area contributed by atoms with Gasteiger partial charge in [-0.3, -0.25) is 19.3 Å². The Bertz CT molecular complexity index is 973. The number of nitrogens with one attached hydrogen (secondary N) is 1. The van der Waals surface area contributed by atoms with Crippen LogP contribution in [0, 0.1) is 0 Å². The van der Waals surface area contributed by atoms with E-state index >= 15 is 0 Å². The van der Waals surface area contributed by atoms with E-state index in [9.17, 15) is 24.3 Å². The number of esters is 1. The molecule has 2 amide bonds. The van der Waals surface area contributed by atoms with E-state index in [1.54, 1.807) is 0 Å². The standard InChI is InChI=1S/C16H17N5O7S2/c1-6(22)28-4-7-5-29-14-10(13(24)21(14)11(7)15(25)26)19-12(23)9(20-27-2)8-3-18-16(17)30-8/h3,10,14H,4-5H2,1-2H3,(H2,17,18)(H,19,23)(H,25,26)/t10-,14-/m1/s1. The van der Waals surface area contributed by atoms with E-state index in [0.717, 1.165) is 16.2 Å². The second-order valence-corrected chi connectivity index (χ2v) is 8.25. The molecule has 0 bridgehead atoms. The molecule has 0 radical (unpaired) electrons. The van der Waals surface area contributed by atoms with Gasteiger partial charge in [0.25, 0.3) is 11.8 Å². The number of hydrogen-bond acceptors (Lipinski definition) is 11. The van der Waals surface area contributed by atoms with Crippen molar-refractivity contribution < 1.29 is 33.9 Å². The molecule has 1 saturated heterocycles. The normalized spacial score (nSPS) is 20.9. The van der Waals surface area contributed by atoms with Crippen LogP contribution in [0.4, 0.5) is 5.13 Å². The average molecular weight is 455 g/mol. The van der Waals surface area contributed by atoms with Gasteiger partial charge in [0, 0.05) is 24.4 Å². The van der Waals surface area contributed by atoms with Gasteiger partial charge in [0.1, 0.15) is 30.8 Å². The van der Waals surface area contributed by atoms with Crippen molar-refractivity contribution in [1.29, 1.82) is 0 Å². The fourth-order valence-electron chi connectivity index (χ4n) is 2.88. The van der Waals surface area contributed by atoms with Gasteiger partial charge < -0.3 is 25.7 Å². The van der Waals surface area contributed by atoms with Crippen molar-refractivity contribution in [2.75, 3.05) is 25.2 Å². The Labute approximate surface area is 178 Å². The molecule has 3 heterocycles. The van der Waals surface area contributed by atoms with Gasteiger partial charge in [0.2, 0.25) is 0 Å². The van der Waals surface area contributed by atoms with Crippen LogP contribution in [0.1, 0.15) is 11.8 Å². The summed E-state index contributed by atoms with van der Waals surface area (Å²) in [6.07, 6.45) is 1.36. The summed E-state index contributed by atoms with van der Waals surface area (Å²) in [7, 11) is 1.26. The second kappa shape index (κ2) is 8.71. The van der Waals surface area contributed by atoms with Crippen LogP contribution >= 0.6 is 23.1 Å². The average Bonchev–Trinajstić information content (AvgIpc) is 3.13. The number of nitrogens with zero attached hydrogens (tertiary/aromatic N) is 3. The Morgan fingerprint density at radius 3 is 2.77 bits per heavy atom. The number of carboxylic acids is 1. The Balaban J connectivity index is 1.77. The smallest absolute Gasteiger partial charge is 0.352 e. The van der Waals surface area contributed by atoms with E-state index in [1.807, 2.05) is 0 Å². The highest BCUT2D eigenvalue weighted by Gasteiger charge is 2.54. The van der Waals surface area contributed by atoms with E-state index in [4.69, 9.17) is 15.3 Å². The number of fused-ring (bicyclic) bond motifs is 1. The van der Waals surface area contributed by atoms with Crippen LogP contribution in [0.5, 0.6) is 0 Å². The van der Waals surface area contributed by atoms with E-state index in [1.165, 1.54) is 32.0 Å². The molecule has 0 aliphatic carbocycles. The first-order valence-corrected chi connectivity index (χ1v) is 10.3. The maximum Gasteiger partial charge on any atom is 0.352 e. The molecule has 30 heavy (non-hydrogen) atoms. The third-order valence-corrected chi connectivity index (χ3v) is 6.31. The van der Waals surface area contributed by atoms with Crippen LogP contribution in [0.25, 0.3) is 0 Å². The number of nitrogen functional groups attached to an aromatic ring is 1. The summed E-state index contributed by atoms with van der Waals surface area (Å²) in [5, 5.41) is 15.4. The van der Waals surface area contributed by atoms with Crippen LogP contribution in [-0.2, 0) is 28.8 Å². The zero-order chi connectivity index (χ0) is 22.0. The summed E-state index contributed by atoms with van der Waals surface area (Å²) in [5.41, 5.74) is 5.54. The highest BCUT2D eigenvalue weighted by atomic mass is 32.2. The topological polar surface area (TPSA) is 174 Å². The molecule has 3 rings (SSSR count). The van der Waals surface area contributed by atoms with Crippen LogP contribution in [0.15, 0.2) is 22.6 Å². The number of anilines is 1. The number of hydrogen-bond donors (Lipinski definition) is 3. The van der Waals surface area contributed by atoms with E-state index in [0.29, 0.717) is 10.5 Å². The van der Waals surface area contributed by atoms with Gasteiger partial charge in [0.05, 0.1) is 4.88 Å². The fraction of sp³-hybridized carbons (Fsp3) is 0.375. The fourth-order valence-corrected chi connectivity index (χ4v) is 4.87. The largest absolute Gasteiger partial charge is 0.477 e. The summed E-state index contributed by atoms with van der Waals surface area (Å²) < 4.78 is 4.88. The van der Waals surface area contributed by atoms with E-state index < -0.39 is 35.2 Å². The molecule has 1 fully saturated rings. The number of carbonyl (C=O) groups is 4. The van der Waals surface area contributed by atoms with Gasteiger partial charge in [-0.1, -0.05) is 16.5 Å². The number of β-lactam (4-membered cyclic amide) rings is 1. The number of oxime groups is 1. The summed E-state index contributed by atoms with van der Waals surface area (Å²) in [6, 6.07) is -0.959.